The van der Waals surface area contributed by atoms with E-state index in [2.05, 4.69) is 35.9 Å². The molecule has 1 aliphatic rings. The third-order valence-electron chi connectivity index (χ3n) is 4.94. The third-order valence-corrected chi connectivity index (χ3v) is 4.94. The van der Waals surface area contributed by atoms with Crippen molar-refractivity contribution in [2.75, 3.05) is 0 Å². The topological polar surface area (TPSA) is 127 Å². The number of amides is 1. The highest BCUT2D eigenvalue weighted by Crippen LogP contribution is 2.23. The molecule has 0 bridgehead atoms. The molecular formula is C18H18N8O2. The summed E-state index contributed by atoms with van der Waals surface area (Å²) in [5, 5.41) is 22.4. The molecule has 0 fully saturated rings. The first-order valence-corrected chi connectivity index (χ1v) is 9.18. The van der Waals surface area contributed by atoms with E-state index in [9.17, 15) is 4.79 Å². The predicted molar refractivity (Wildman–Crippen MR) is 97.4 cm³/mol. The molecule has 1 amide bonds. The van der Waals surface area contributed by atoms with Crippen molar-refractivity contribution in [1.82, 2.24) is 40.3 Å². The second-order valence-electron chi connectivity index (χ2n) is 6.80. The molecule has 0 saturated carbocycles. The van der Waals surface area contributed by atoms with Crippen LogP contribution in [0.3, 0.4) is 0 Å². The van der Waals surface area contributed by atoms with Gasteiger partial charge in [-0.1, -0.05) is 5.16 Å². The molecule has 1 aliphatic carbocycles. The quantitative estimate of drug-likeness (QED) is 0.552. The number of pyridine rings is 1. The average Bonchev–Trinajstić information content (AvgIpc) is 3.44. The van der Waals surface area contributed by atoms with Crippen LogP contribution in [-0.2, 0) is 19.4 Å². The monoisotopic (exact) mass is 378 g/mol. The van der Waals surface area contributed by atoms with Crippen molar-refractivity contribution in [3.05, 3.63) is 46.9 Å². The largest absolute Gasteiger partial charge is 0.343 e. The normalized spacial score (nSPS) is 13.6. The molecule has 4 aromatic rings. The van der Waals surface area contributed by atoms with E-state index >= 15 is 0 Å². The molecule has 5 rings (SSSR count). The molecule has 10 nitrogen and oxygen atoms in total. The summed E-state index contributed by atoms with van der Waals surface area (Å²) in [6.07, 6.45) is 5.88. The van der Waals surface area contributed by atoms with Crippen molar-refractivity contribution >= 4 is 11.6 Å². The Morgan fingerprint density at radius 1 is 1.32 bits per heavy atom. The highest BCUT2D eigenvalue weighted by Gasteiger charge is 2.22. The first-order chi connectivity index (χ1) is 13.7. The summed E-state index contributed by atoms with van der Waals surface area (Å²) in [6.45, 7) is 1.99. The molecule has 142 valence electrons. The van der Waals surface area contributed by atoms with Gasteiger partial charge in [-0.3, -0.25) is 14.3 Å². The number of rotatable bonds is 4. The predicted octanol–water partition coefficient (Wildman–Crippen LogP) is 1.62. The summed E-state index contributed by atoms with van der Waals surface area (Å²) in [5.74, 6) is 1.33. The minimum atomic E-state index is -0.208. The van der Waals surface area contributed by atoms with Gasteiger partial charge in [0.2, 0.25) is 0 Å². The van der Waals surface area contributed by atoms with Crippen LogP contribution in [0.5, 0.6) is 0 Å². The van der Waals surface area contributed by atoms with Gasteiger partial charge in [-0.15, -0.1) is 10.2 Å². The number of carbonyl (C=O) groups excluding carboxylic acids is 1. The van der Waals surface area contributed by atoms with E-state index < -0.39 is 0 Å². The van der Waals surface area contributed by atoms with Crippen molar-refractivity contribution in [2.45, 2.75) is 39.2 Å². The molecule has 0 aromatic carbocycles. The average molecular weight is 378 g/mol. The molecule has 2 N–H and O–H groups in total. The molecule has 0 atom stereocenters. The van der Waals surface area contributed by atoms with Crippen molar-refractivity contribution in [3.8, 4) is 11.5 Å². The number of hydrogen-bond acceptors (Lipinski definition) is 7. The molecule has 28 heavy (non-hydrogen) atoms. The second-order valence-corrected chi connectivity index (χ2v) is 6.80. The van der Waals surface area contributed by atoms with E-state index in [0.29, 0.717) is 34.4 Å². The van der Waals surface area contributed by atoms with E-state index in [4.69, 9.17) is 4.52 Å². The van der Waals surface area contributed by atoms with Gasteiger partial charge in [0.15, 0.2) is 23.0 Å². The van der Waals surface area contributed by atoms with Gasteiger partial charge in [-0.25, -0.2) is 0 Å². The summed E-state index contributed by atoms with van der Waals surface area (Å²) < 4.78 is 7.04. The Morgan fingerprint density at radius 3 is 3.07 bits per heavy atom. The van der Waals surface area contributed by atoms with Crippen molar-refractivity contribution in [2.24, 2.45) is 0 Å². The van der Waals surface area contributed by atoms with Crippen LogP contribution in [0.2, 0.25) is 0 Å². The number of hydrogen-bond donors (Lipinski definition) is 2. The molecule has 4 heterocycles. The first-order valence-electron chi connectivity index (χ1n) is 9.18. The fourth-order valence-corrected chi connectivity index (χ4v) is 3.57. The number of fused-ring (bicyclic) bond motifs is 2. The Morgan fingerprint density at radius 2 is 2.21 bits per heavy atom. The zero-order valence-corrected chi connectivity index (χ0v) is 15.3. The molecule has 10 heteroatoms. The maximum Gasteiger partial charge on any atom is 0.272 e. The Kier molecular flexibility index (Phi) is 3.89. The van der Waals surface area contributed by atoms with Crippen LogP contribution in [0.1, 0.15) is 46.2 Å². The van der Waals surface area contributed by atoms with Gasteiger partial charge < -0.3 is 9.84 Å². The van der Waals surface area contributed by atoms with Crippen molar-refractivity contribution < 1.29 is 9.32 Å². The number of aromatic amines is 1. The lowest BCUT2D eigenvalue weighted by Crippen LogP contribution is -2.25. The molecule has 4 aromatic heterocycles. The van der Waals surface area contributed by atoms with Crippen LogP contribution in [0, 0.1) is 6.92 Å². The summed E-state index contributed by atoms with van der Waals surface area (Å²) >= 11 is 0. The molecule has 0 aliphatic heterocycles. The highest BCUT2D eigenvalue weighted by molar-refractivity contribution is 5.94. The fourth-order valence-electron chi connectivity index (χ4n) is 3.57. The Hall–Kier alpha value is -3.56. The number of aromatic nitrogens is 7. The molecular weight excluding hydrogens is 360 g/mol. The van der Waals surface area contributed by atoms with E-state index in [1.807, 2.05) is 18.3 Å². The van der Waals surface area contributed by atoms with Gasteiger partial charge in [-0.05, 0) is 44.7 Å². The van der Waals surface area contributed by atoms with Crippen LogP contribution >= 0.6 is 0 Å². The maximum absolute atomic E-state index is 12.6. The minimum absolute atomic E-state index is 0.208. The minimum Gasteiger partial charge on any atom is -0.343 e. The highest BCUT2D eigenvalue weighted by atomic mass is 16.5. The summed E-state index contributed by atoms with van der Waals surface area (Å²) in [6, 6.07) is 3.69. The SMILES string of the molecule is Cc1noc(-c2cccn3c(CNC(=O)c4n[nH]c5c4CCCC5)nnc23)n1. The van der Waals surface area contributed by atoms with Gasteiger partial charge >= 0.3 is 0 Å². The van der Waals surface area contributed by atoms with Crippen LogP contribution in [0.4, 0.5) is 0 Å². The van der Waals surface area contributed by atoms with E-state index in [-0.39, 0.29) is 12.5 Å². The van der Waals surface area contributed by atoms with E-state index in [1.54, 1.807) is 11.3 Å². The lowest BCUT2D eigenvalue weighted by atomic mass is 9.96. The van der Waals surface area contributed by atoms with Crippen molar-refractivity contribution in [3.63, 3.8) is 0 Å². The molecule has 0 radical (unpaired) electrons. The Bertz CT molecular complexity index is 1170. The van der Waals surface area contributed by atoms with Crippen molar-refractivity contribution in [1.29, 1.82) is 0 Å². The first kappa shape index (κ1) is 16.6. The standard InChI is InChI=1S/C18H18N8O2/c1-10-20-18(28-25-10)12-6-4-8-26-14(22-24-16(12)26)9-19-17(27)15-11-5-2-3-7-13(11)21-23-15/h4,6,8H,2-3,5,7,9H2,1H3,(H,19,27)(H,21,23). The lowest BCUT2D eigenvalue weighted by molar-refractivity contribution is 0.0943. The van der Waals surface area contributed by atoms with Gasteiger partial charge in [0.25, 0.3) is 11.8 Å². The number of nitrogens with one attached hydrogen (secondary N) is 2. The lowest BCUT2D eigenvalue weighted by Gasteiger charge is -2.11. The summed E-state index contributed by atoms with van der Waals surface area (Å²) in [7, 11) is 0. The van der Waals surface area contributed by atoms with E-state index in [1.165, 1.54) is 0 Å². The second kappa shape index (κ2) is 6.55. The van der Waals surface area contributed by atoms with Crippen LogP contribution in [-0.4, -0.2) is 40.8 Å². The third kappa shape index (κ3) is 2.73. The number of aryl methyl sites for hydroxylation is 2. The van der Waals surface area contributed by atoms with Crippen LogP contribution in [0.25, 0.3) is 17.1 Å². The molecule has 0 saturated heterocycles. The van der Waals surface area contributed by atoms with Crippen LogP contribution < -0.4 is 5.32 Å². The summed E-state index contributed by atoms with van der Waals surface area (Å²) in [4.78, 5) is 16.9. The zero-order valence-electron chi connectivity index (χ0n) is 15.3. The molecule has 0 spiro atoms. The van der Waals surface area contributed by atoms with E-state index in [0.717, 1.165) is 36.9 Å². The maximum atomic E-state index is 12.6. The number of carbonyl (C=O) groups is 1. The van der Waals surface area contributed by atoms with Crippen LogP contribution in [0.15, 0.2) is 22.9 Å². The van der Waals surface area contributed by atoms with Gasteiger partial charge in [0.1, 0.15) is 0 Å². The summed E-state index contributed by atoms with van der Waals surface area (Å²) in [5.41, 5.74) is 3.86. The fraction of sp³-hybridized carbons (Fsp3) is 0.333. The smallest absolute Gasteiger partial charge is 0.272 e. The van der Waals surface area contributed by atoms with Gasteiger partial charge in [0.05, 0.1) is 12.1 Å². The number of H-pyrrole nitrogens is 1. The molecule has 0 unspecified atom stereocenters. The Balaban J connectivity index is 1.39. The zero-order chi connectivity index (χ0) is 19.1. The number of nitrogens with zero attached hydrogens (tertiary/aromatic N) is 6. The van der Waals surface area contributed by atoms with Gasteiger partial charge in [-0.2, -0.15) is 10.1 Å². The Labute approximate surface area is 159 Å². The van der Waals surface area contributed by atoms with Gasteiger partial charge in [0, 0.05) is 17.5 Å².